The Labute approximate surface area is 121 Å². The molecule has 0 aromatic carbocycles. The summed E-state index contributed by atoms with van der Waals surface area (Å²) in [7, 11) is 0. The smallest absolute Gasteiger partial charge is 0.223 e. The highest BCUT2D eigenvalue weighted by atomic mass is 16.5. The molecule has 1 aromatic heterocycles. The summed E-state index contributed by atoms with van der Waals surface area (Å²) in [5, 5.41) is 6.59. The number of nitrogen functional groups attached to an aromatic ring is 1. The molecule has 1 unspecified atom stereocenters. The Morgan fingerprint density at radius 1 is 1.25 bits per heavy atom. The maximum atomic E-state index is 5.75. The van der Waals surface area contributed by atoms with Crippen LogP contribution in [0.25, 0.3) is 0 Å². The van der Waals surface area contributed by atoms with Crippen LogP contribution in [0.5, 0.6) is 0 Å². The molecule has 0 amide bonds. The molecule has 6 nitrogen and oxygen atoms in total. The molecule has 6 heteroatoms. The fourth-order valence-corrected chi connectivity index (χ4v) is 1.72. The van der Waals surface area contributed by atoms with E-state index in [-0.39, 0.29) is 12.0 Å². The second kappa shape index (κ2) is 8.58. The monoisotopic (exact) mass is 281 g/mol. The summed E-state index contributed by atoms with van der Waals surface area (Å²) in [4.78, 5) is 8.40. The molecule has 114 valence electrons. The van der Waals surface area contributed by atoms with Crippen LogP contribution in [-0.4, -0.2) is 35.8 Å². The van der Waals surface area contributed by atoms with Gasteiger partial charge in [-0.3, -0.25) is 0 Å². The molecule has 0 saturated carbocycles. The van der Waals surface area contributed by atoms with Crippen LogP contribution in [0, 0.1) is 5.92 Å². The lowest BCUT2D eigenvalue weighted by Gasteiger charge is -2.23. The topological polar surface area (TPSA) is 85.1 Å². The first-order valence-corrected chi connectivity index (χ1v) is 7.29. The molecule has 1 aromatic rings. The number of anilines is 3. The summed E-state index contributed by atoms with van der Waals surface area (Å²) in [6, 6.07) is 2.08. The number of nitrogens with two attached hydrogens (primary N) is 1. The molecule has 0 spiro atoms. The number of hydrogen-bond donors (Lipinski definition) is 3. The van der Waals surface area contributed by atoms with Gasteiger partial charge in [0.05, 0.1) is 12.6 Å². The number of hydrogen-bond acceptors (Lipinski definition) is 6. The fraction of sp³-hybridized carbons (Fsp3) is 0.714. The number of nitrogens with one attached hydrogen (secondary N) is 2. The Bertz CT molecular complexity index is 397. The zero-order valence-electron chi connectivity index (χ0n) is 12.9. The van der Waals surface area contributed by atoms with Crippen LogP contribution in [0.1, 0.15) is 34.1 Å². The van der Waals surface area contributed by atoms with Crippen molar-refractivity contribution < 1.29 is 4.74 Å². The number of nitrogens with zero attached hydrogens (tertiary/aromatic N) is 2. The quantitative estimate of drug-likeness (QED) is 0.644. The van der Waals surface area contributed by atoms with Gasteiger partial charge < -0.3 is 21.1 Å². The molecular formula is C14H27N5O. The zero-order chi connectivity index (χ0) is 15.0. The van der Waals surface area contributed by atoms with Crippen molar-refractivity contribution in [3.05, 3.63) is 6.07 Å². The van der Waals surface area contributed by atoms with E-state index in [1.54, 1.807) is 0 Å². The summed E-state index contributed by atoms with van der Waals surface area (Å²) >= 11 is 0. The summed E-state index contributed by atoms with van der Waals surface area (Å²) in [5.74, 6) is 2.19. The molecule has 0 radical (unpaired) electrons. The summed E-state index contributed by atoms with van der Waals surface area (Å²) < 4.78 is 5.50. The molecule has 0 aliphatic heterocycles. The minimum Gasteiger partial charge on any atom is -0.380 e. The van der Waals surface area contributed by atoms with Crippen LogP contribution < -0.4 is 16.4 Å². The van der Waals surface area contributed by atoms with Crippen molar-refractivity contribution in [2.24, 2.45) is 5.92 Å². The molecule has 4 N–H and O–H groups in total. The van der Waals surface area contributed by atoms with Crippen LogP contribution in [0.4, 0.5) is 17.6 Å². The fourth-order valence-electron chi connectivity index (χ4n) is 1.72. The van der Waals surface area contributed by atoms with Crippen LogP contribution in [-0.2, 0) is 4.74 Å². The highest BCUT2D eigenvalue weighted by molar-refractivity contribution is 5.51. The van der Waals surface area contributed by atoms with E-state index < -0.39 is 0 Å². The van der Waals surface area contributed by atoms with Gasteiger partial charge in [-0.1, -0.05) is 20.8 Å². The van der Waals surface area contributed by atoms with E-state index in [9.17, 15) is 0 Å². The highest BCUT2D eigenvalue weighted by Gasteiger charge is 2.14. The van der Waals surface area contributed by atoms with Crippen molar-refractivity contribution in [3.8, 4) is 0 Å². The molecule has 0 aliphatic carbocycles. The molecule has 1 heterocycles. The van der Waals surface area contributed by atoms with Gasteiger partial charge in [-0.05, 0) is 19.3 Å². The van der Waals surface area contributed by atoms with Gasteiger partial charge in [0.15, 0.2) is 0 Å². The van der Waals surface area contributed by atoms with Gasteiger partial charge in [-0.25, -0.2) is 0 Å². The molecule has 0 aliphatic rings. The van der Waals surface area contributed by atoms with E-state index >= 15 is 0 Å². The number of rotatable bonds is 9. The number of aromatic nitrogens is 2. The third-order valence-electron chi connectivity index (χ3n) is 2.94. The van der Waals surface area contributed by atoms with Gasteiger partial charge >= 0.3 is 0 Å². The van der Waals surface area contributed by atoms with E-state index in [0.717, 1.165) is 24.6 Å². The average molecular weight is 281 g/mol. The predicted molar refractivity (Wildman–Crippen MR) is 84.0 cm³/mol. The third kappa shape index (κ3) is 5.61. The average Bonchev–Trinajstić information content (AvgIpc) is 2.40. The van der Waals surface area contributed by atoms with Crippen LogP contribution in [0.2, 0.25) is 0 Å². The van der Waals surface area contributed by atoms with Gasteiger partial charge in [0.25, 0.3) is 0 Å². The largest absolute Gasteiger partial charge is 0.380 e. The Kier molecular flexibility index (Phi) is 7.08. The minimum atomic E-state index is 0.197. The Balaban J connectivity index is 2.75. The molecule has 20 heavy (non-hydrogen) atoms. The van der Waals surface area contributed by atoms with Crippen LogP contribution >= 0.6 is 0 Å². The van der Waals surface area contributed by atoms with Crippen molar-refractivity contribution in [1.29, 1.82) is 0 Å². The standard InChI is InChI=1S/C14H27N5O/c1-5-7-16-12-8-13(19-14(15)18-12)17-11(10(3)4)9-20-6-2/h8,10-11H,5-7,9H2,1-4H3,(H4,15,16,17,18,19). The van der Waals surface area contributed by atoms with Crippen molar-refractivity contribution in [2.75, 3.05) is 36.1 Å². The van der Waals surface area contributed by atoms with E-state index in [0.29, 0.717) is 19.1 Å². The van der Waals surface area contributed by atoms with Crippen molar-refractivity contribution in [2.45, 2.75) is 40.2 Å². The first-order valence-electron chi connectivity index (χ1n) is 7.29. The van der Waals surface area contributed by atoms with E-state index in [2.05, 4.69) is 41.4 Å². The van der Waals surface area contributed by atoms with Gasteiger partial charge in [0.1, 0.15) is 11.6 Å². The van der Waals surface area contributed by atoms with E-state index in [1.165, 1.54) is 0 Å². The zero-order valence-corrected chi connectivity index (χ0v) is 12.9. The van der Waals surface area contributed by atoms with Gasteiger partial charge in [0.2, 0.25) is 5.95 Å². The van der Waals surface area contributed by atoms with Crippen LogP contribution in [0.3, 0.4) is 0 Å². The van der Waals surface area contributed by atoms with Crippen molar-refractivity contribution >= 4 is 17.6 Å². The molecule has 0 saturated heterocycles. The molecule has 0 fully saturated rings. The summed E-state index contributed by atoms with van der Waals surface area (Å²) in [6.45, 7) is 10.6. The summed E-state index contributed by atoms with van der Waals surface area (Å²) in [5.41, 5.74) is 5.75. The second-order valence-corrected chi connectivity index (χ2v) is 5.08. The maximum absolute atomic E-state index is 5.75. The first kappa shape index (κ1) is 16.5. The van der Waals surface area contributed by atoms with Gasteiger partial charge in [0, 0.05) is 19.2 Å². The maximum Gasteiger partial charge on any atom is 0.223 e. The number of ether oxygens (including phenoxy) is 1. The third-order valence-corrected chi connectivity index (χ3v) is 2.94. The Morgan fingerprint density at radius 2 is 1.95 bits per heavy atom. The normalized spacial score (nSPS) is 12.4. The molecule has 0 bridgehead atoms. The van der Waals surface area contributed by atoms with Gasteiger partial charge in [-0.2, -0.15) is 9.97 Å². The lowest BCUT2D eigenvalue weighted by Crippen LogP contribution is -2.31. The SMILES string of the molecule is CCCNc1cc(NC(COCC)C(C)C)nc(N)n1. The minimum absolute atomic E-state index is 0.197. The molecule has 1 rings (SSSR count). The molecular weight excluding hydrogens is 254 g/mol. The Morgan fingerprint density at radius 3 is 2.55 bits per heavy atom. The lowest BCUT2D eigenvalue weighted by molar-refractivity contribution is 0.126. The summed E-state index contributed by atoms with van der Waals surface area (Å²) in [6.07, 6.45) is 1.03. The van der Waals surface area contributed by atoms with E-state index in [4.69, 9.17) is 10.5 Å². The van der Waals surface area contributed by atoms with Crippen molar-refractivity contribution in [1.82, 2.24) is 9.97 Å². The molecule has 1 atom stereocenters. The van der Waals surface area contributed by atoms with Crippen LogP contribution in [0.15, 0.2) is 6.07 Å². The predicted octanol–water partition coefficient (Wildman–Crippen LogP) is 2.35. The van der Waals surface area contributed by atoms with Crippen molar-refractivity contribution in [3.63, 3.8) is 0 Å². The van der Waals surface area contributed by atoms with E-state index in [1.807, 2.05) is 13.0 Å². The lowest BCUT2D eigenvalue weighted by atomic mass is 10.1. The first-order chi connectivity index (χ1) is 9.56. The second-order valence-electron chi connectivity index (χ2n) is 5.08. The Hall–Kier alpha value is -1.56. The highest BCUT2D eigenvalue weighted by Crippen LogP contribution is 2.16. The van der Waals surface area contributed by atoms with Gasteiger partial charge in [-0.15, -0.1) is 0 Å².